The van der Waals surface area contributed by atoms with Gasteiger partial charge in [0.25, 0.3) is 0 Å². The fourth-order valence-corrected chi connectivity index (χ4v) is 3.09. The molecule has 0 bridgehead atoms. The summed E-state index contributed by atoms with van der Waals surface area (Å²) in [6.07, 6.45) is 0.360. The molecule has 2 aromatic rings. The fraction of sp³-hybridized carbons (Fsp3) is 0.235. The smallest absolute Gasteiger partial charge is 0.310 e. The first kappa shape index (κ1) is 14.8. The van der Waals surface area contributed by atoms with Gasteiger partial charge >= 0.3 is 5.97 Å². The summed E-state index contributed by atoms with van der Waals surface area (Å²) in [6.45, 7) is 4.48. The first-order valence-corrected chi connectivity index (χ1v) is 7.89. The summed E-state index contributed by atoms with van der Waals surface area (Å²) in [6, 6.07) is 13.7. The van der Waals surface area contributed by atoms with Crippen LogP contribution >= 0.6 is 12.2 Å². The molecule has 0 saturated carbocycles. The Morgan fingerprint density at radius 3 is 2.91 bits per heavy atom. The molecule has 4 nitrogen and oxygen atoms in total. The van der Waals surface area contributed by atoms with Crippen molar-refractivity contribution in [2.45, 2.75) is 26.8 Å². The van der Waals surface area contributed by atoms with Gasteiger partial charge in [0.05, 0.1) is 12.2 Å². The number of nitrogens with zero attached hydrogens (tertiary/aromatic N) is 1. The van der Waals surface area contributed by atoms with E-state index in [-0.39, 0.29) is 5.97 Å². The Morgan fingerprint density at radius 1 is 1.27 bits per heavy atom. The van der Waals surface area contributed by atoms with E-state index in [0.29, 0.717) is 12.2 Å². The summed E-state index contributed by atoms with van der Waals surface area (Å²) in [4.78, 5) is 11.5. The molecule has 0 spiro atoms. The zero-order chi connectivity index (χ0) is 15.5. The van der Waals surface area contributed by atoms with Crippen molar-refractivity contribution in [1.29, 1.82) is 0 Å². The zero-order valence-electron chi connectivity index (χ0n) is 12.5. The van der Waals surface area contributed by atoms with Crippen LogP contribution in [0.5, 0.6) is 11.5 Å². The van der Waals surface area contributed by atoms with E-state index in [2.05, 4.69) is 10.4 Å². The normalized spacial score (nSPS) is 13.3. The van der Waals surface area contributed by atoms with Crippen LogP contribution in [0.15, 0.2) is 42.5 Å². The third kappa shape index (κ3) is 2.90. The molecule has 0 radical (unpaired) electrons. The number of carbonyl (C=O) groups excluding carboxylic acids is 1. The highest BCUT2D eigenvalue weighted by Gasteiger charge is 2.22. The lowest BCUT2D eigenvalue weighted by Crippen LogP contribution is -2.21. The molecule has 0 atom stereocenters. The van der Waals surface area contributed by atoms with E-state index in [9.17, 15) is 4.79 Å². The Labute approximate surface area is 134 Å². The SMILES string of the molecule is CCC(=O)Oc1cccc(N2Cc3ccccc3OS2)c1C. The number of hydrogen-bond acceptors (Lipinski definition) is 5. The maximum Gasteiger partial charge on any atom is 0.310 e. The van der Waals surface area contributed by atoms with Crippen molar-refractivity contribution in [2.75, 3.05) is 4.31 Å². The number of carbonyl (C=O) groups is 1. The molecule has 1 heterocycles. The van der Waals surface area contributed by atoms with Gasteiger partial charge in [0.15, 0.2) is 12.2 Å². The number of benzene rings is 2. The first-order chi connectivity index (χ1) is 10.7. The van der Waals surface area contributed by atoms with E-state index in [1.54, 1.807) is 6.92 Å². The molecule has 1 aliphatic rings. The molecule has 0 aliphatic carbocycles. The zero-order valence-corrected chi connectivity index (χ0v) is 13.4. The lowest BCUT2D eigenvalue weighted by molar-refractivity contribution is -0.134. The number of para-hydroxylation sites is 1. The van der Waals surface area contributed by atoms with Crippen LogP contribution in [0.4, 0.5) is 5.69 Å². The maximum atomic E-state index is 11.5. The molecule has 0 amide bonds. The number of anilines is 1. The second kappa shape index (κ2) is 6.32. The molecule has 114 valence electrons. The summed E-state index contributed by atoms with van der Waals surface area (Å²) in [7, 11) is 0. The van der Waals surface area contributed by atoms with Crippen LogP contribution in [-0.2, 0) is 11.3 Å². The van der Waals surface area contributed by atoms with Gasteiger partial charge in [-0.3, -0.25) is 9.10 Å². The minimum atomic E-state index is -0.229. The van der Waals surface area contributed by atoms with Crippen molar-refractivity contribution in [3.63, 3.8) is 0 Å². The predicted octanol–water partition coefficient (Wildman–Crippen LogP) is 4.27. The highest BCUT2D eigenvalue weighted by Crippen LogP contribution is 2.39. The van der Waals surface area contributed by atoms with Gasteiger partial charge in [-0.1, -0.05) is 31.2 Å². The Morgan fingerprint density at radius 2 is 2.09 bits per heavy atom. The third-order valence-corrected chi connectivity index (χ3v) is 4.30. The Balaban J connectivity index is 1.87. The summed E-state index contributed by atoms with van der Waals surface area (Å²) < 4.78 is 13.2. The molecule has 0 saturated heterocycles. The van der Waals surface area contributed by atoms with Crippen molar-refractivity contribution in [1.82, 2.24) is 0 Å². The van der Waals surface area contributed by atoms with Crippen LogP contribution in [0.2, 0.25) is 0 Å². The molecule has 0 unspecified atom stereocenters. The van der Waals surface area contributed by atoms with Crippen molar-refractivity contribution in [3.8, 4) is 11.5 Å². The lowest BCUT2D eigenvalue weighted by atomic mass is 10.1. The Bertz CT molecular complexity index is 702. The number of hydrogen-bond donors (Lipinski definition) is 0. The number of esters is 1. The molecule has 0 fully saturated rings. The van der Waals surface area contributed by atoms with Crippen LogP contribution in [0, 0.1) is 6.92 Å². The van der Waals surface area contributed by atoms with E-state index < -0.39 is 0 Å². The van der Waals surface area contributed by atoms with Crippen LogP contribution in [0.1, 0.15) is 24.5 Å². The van der Waals surface area contributed by atoms with Gasteiger partial charge in [-0.15, -0.1) is 0 Å². The van der Waals surface area contributed by atoms with Gasteiger partial charge in [-0.25, -0.2) is 0 Å². The second-order valence-electron chi connectivity index (χ2n) is 5.03. The molecule has 0 N–H and O–H groups in total. The topological polar surface area (TPSA) is 38.8 Å². The van der Waals surface area contributed by atoms with Crippen molar-refractivity contribution in [3.05, 3.63) is 53.6 Å². The van der Waals surface area contributed by atoms with E-state index in [0.717, 1.165) is 29.1 Å². The Hall–Kier alpha value is -2.14. The van der Waals surface area contributed by atoms with Crippen LogP contribution in [-0.4, -0.2) is 5.97 Å². The van der Waals surface area contributed by atoms with Gasteiger partial charge < -0.3 is 8.92 Å². The van der Waals surface area contributed by atoms with Crippen molar-refractivity contribution >= 4 is 23.9 Å². The van der Waals surface area contributed by atoms with Crippen LogP contribution in [0.25, 0.3) is 0 Å². The standard InChI is InChI=1S/C17H17NO3S/c1-3-17(19)20-15-10-6-8-14(12(15)2)18-11-13-7-4-5-9-16(13)21-22-18/h4-10H,3,11H2,1-2H3. The minimum absolute atomic E-state index is 0.229. The third-order valence-electron chi connectivity index (χ3n) is 3.54. The summed E-state index contributed by atoms with van der Waals surface area (Å²) in [5.74, 6) is 1.27. The maximum absolute atomic E-state index is 11.5. The highest BCUT2D eigenvalue weighted by molar-refractivity contribution is 7.96. The van der Waals surface area contributed by atoms with Gasteiger partial charge in [0.2, 0.25) is 0 Å². The summed E-state index contributed by atoms with van der Waals surface area (Å²) in [5.41, 5.74) is 3.05. The average Bonchev–Trinajstić information content (AvgIpc) is 2.56. The summed E-state index contributed by atoms with van der Waals surface area (Å²) in [5, 5.41) is 0. The van der Waals surface area contributed by atoms with Crippen molar-refractivity contribution < 1.29 is 13.7 Å². The average molecular weight is 315 g/mol. The fourth-order valence-electron chi connectivity index (χ4n) is 2.29. The van der Waals surface area contributed by atoms with Gasteiger partial charge in [-0.05, 0) is 25.1 Å². The minimum Gasteiger partial charge on any atom is -0.426 e. The molecule has 0 aromatic heterocycles. The first-order valence-electron chi connectivity index (χ1n) is 7.19. The van der Waals surface area contributed by atoms with E-state index in [1.807, 2.05) is 43.3 Å². The van der Waals surface area contributed by atoms with E-state index >= 15 is 0 Å². The predicted molar refractivity (Wildman–Crippen MR) is 87.9 cm³/mol. The molecular formula is C17H17NO3S. The van der Waals surface area contributed by atoms with E-state index in [1.165, 1.54) is 12.2 Å². The summed E-state index contributed by atoms with van der Waals surface area (Å²) >= 11 is 1.30. The molecule has 5 heteroatoms. The molecule has 22 heavy (non-hydrogen) atoms. The quantitative estimate of drug-likeness (QED) is 0.366. The highest BCUT2D eigenvalue weighted by atomic mass is 32.2. The second-order valence-corrected chi connectivity index (χ2v) is 5.79. The lowest BCUT2D eigenvalue weighted by Gasteiger charge is -2.29. The monoisotopic (exact) mass is 315 g/mol. The van der Waals surface area contributed by atoms with Crippen molar-refractivity contribution in [2.24, 2.45) is 0 Å². The largest absolute Gasteiger partial charge is 0.426 e. The van der Waals surface area contributed by atoms with Crippen LogP contribution in [0.3, 0.4) is 0 Å². The molecule has 3 rings (SSSR count). The van der Waals surface area contributed by atoms with Crippen LogP contribution < -0.4 is 13.2 Å². The number of rotatable bonds is 3. The van der Waals surface area contributed by atoms with Gasteiger partial charge in [0, 0.05) is 17.5 Å². The Kier molecular flexibility index (Phi) is 4.24. The number of ether oxygens (including phenoxy) is 1. The molecule has 1 aliphatic heterocycles. The van der Waals surface area contributed by atoms with E-state index in [4.69, 9.17) is 8.92 Å². The molecule has 2 aromatic carbocycles. The molecular weight excluding hydrogens is 298 g/mol. The number of fused-ring (bicyclic) bond motifs is 1. The van der Waals surface area contributed by atoms with Gasteiger partial charge in [-0.2, -0.15) is 0 Å². The van der Waals surface area contributed by atoms with Gasteiger partial charge in [0.1, 0.15) is 11.5 Å².